The lowest BCUT2D eigenvalue weighted by Gasteiger charge is -2.44. The zero-order valence-corrected chi connectivity index (χ0v) is 20.8. The number of aromatic nitrogens is 1. The van der Waals surface area contributed by atoms with Crippen LogP contribution in [0.15, 0.2) is 24.4 Å². The molecule has 0 bridgehead atoms. The fraction of sp³-hybridized carbons (Fsp3) is 0.679. The number of rotatable bonds is 6. The summed E-state index contributed by atoms with van der Waals surface area (Å²) in [6.07, 6.45) is 12.3. The highest BCUT2D eigenvalue weighted by atomic mass is 16.5. The normalized spacial score (nSPS) is 24.5. The first-order valence-electron chi connectivity index (χ1n) is 13.3. The number of fused-ring (bicyclic) bond motifs is 2. The Kier molecular flexibility index (Phi) is 6.69. The van der Waals surface area contributed by atoms with Crippen molar-refractivity contribution in [3.63, 3.8) is 0 Å². The highest BCUT2D eigenvalue weighted by Crippen LogP contribution is 2.35. The summed E-state index contributed by atoms with van der Waals surface area (Å²) in [5, 5.41) is 1.05. The van der Waals surface area contributed by atoms with Gasteiger partial charge in [-0.05, 0) is 56.6 Å². The predicted octanol–water partition coefficient (Wildman–Crippen LogP) is 5.57. The van der Waals surface area contributed by atoms with E-state index >= 15 is 0 Å². The first kappa shape index (κ1) is 22.8. The van der Waals surface area contributed by atoms with Crippen molar-refractivity contribution in [2.45, 2.75) is 83.8 Å². The van der Waals surface area contributed by atoms with E-state index in [1.54, 1.807) is 7.11 Å². The fourth-order valence-corrected chi connectivity index (χ4v) is 6.69. The molecular formula is C28H41N3O2. The van der Waals surface area contributed by atoms with Crippen LogP contribution in [0, 0.1) is 11.8 Å². The van der Waals surface area contributed by atoms with Gasteiger partial charge in [-0.2, -0.15) is 0 Å². The van der Waals surface area contributed by atoms with E-state index < -0.39 is 0 Å². The number of carbonyl (C=O) groups is 1. The van der Waals surface area contributed by atoms with E-state index in [-0.39, 0.29) is 5.91 Å². The van der Waals surface area contributed by atoms with Gasteiger partial charge in [0, 0.05) is 43.3 Å². The average Bonchev–Trinajstić information content (AvgIpc) is 3.42. The first-order chi connectivity index (χ1) is 16.0. The number of ether oxygens (including phenoxy) is 1. The molecule has 1 saturated carbocycles. The Bertz CT molecular complexity index is 975. The minimum Gasteiger partial charge on any atom is -0.495 e. The third kappa shape index (κ3) is 4.53. The molecule has 5 heteroatoms. The van der Waals surface area contributed by atoms with E-state index in [0.717, 1.165) is 48.3 Å². The van der Waals surface area contributed by atoms with E-state index in [4.69, 9.17) is 4.74 Å². The molecule has 1 unspecified atom stereocenters. The van der Waals surface area contributed by atoms with Crippen LogP contribution in [-0.4, -0.2) is 59.1 Å². The zero-order chi connectivity index (χ0) is 22.9. The van der Waals surface area contributed by atoms with Crippen molar-refractivity contribution in [1.82, 2.24) is 14.4 Å². The molecule has 0 N–H and O–H groups in total. The Hall–Kier alpha value is -2.01. The molecular weight excluding hydrogens is 410 g/mol. The quantitative estimate of drug-likeness (QED) is 0.577. The van der Waals surface area contributed by atoms with Gasteiger partial charge in [-0.15, -0.1) is 0 Å². The lowest BCUT2D eigenvalue weighted by molar-refractivity contribution is 0.0306. The fourth-order valence-electron chi connectivity index (χ4n) is 6.69. The standard InChI is InChI=1S/C28H41N3O2/c1-20(2)15-23-17-29-14-8-11-22(29)18-31(23)28(32)25-19-30(16-21-9-5-4-6-10-21)27-24(25)12-7-13-26(27)33-3/h7,12-13,19-23H,4-6,8-11,14-18H2,1-3H3/t22?,23-/m1/s1. The Morgan fingerprint density at radius 2 is 1.91 bits per heavy atom. The maximum atomic E-state index is 14.2. The zero-order valence-electron chi connectivity index (χ0n) is 20.8. The number of carbonyl (C=O) groups excluding carboxylic acids is 1. The highest BCUT2D eigenvalue weighted by molar-refractivity contribution is 6.08. The molecule has 5 rings (SSSR count). The maximum Gasteiger partial charge on any atom is 0.256 e. The van der Waals surface area contributed by atoms with Gasteiger partial charge in [0.1, 0.15) is 5.75 Å². The monoisotopic (exact) mass is 451 g/mol. The van der Waals surface area contributed by atoms with Crippen molar-refractivity contribution >= 4 is 16.8 Å². The molecule has 2 atom stereocenters. The SMILES string of the molecule is COc1cccc2c(C(=O)N3CC4CCCN4C[C@H]3CC(C)C)cn(CC3CCCCC3)c12. The Morgan fingerprint density at radius 1 is 1.09 bits per heavy atom. The lowest BCUT2D eigenvalue weighted by atomic mass is 9.89. The first-order valence-corrected chi connectivity index (χ1v) is 13.3. The third-order valence-electron chi connectivity index (χ3n) is 8.29. The largest absolute Gasteiger partial charge is 0.495 e. The second kappa shape index (κ2) is 9.69. The van der Waals surface area contributed by atoms with Crippen LogP contribution in [0.1, 0.15) is 75.6 Å². The van der Waals surface area contributed by atoms with E-state index in [9.17, 15) is 4.79 Å². The van der Waals surface area contributed by atoms with Crippen molar-refractivity contribution in [3.05, 3.63) is 30.0 Å². The van der Waals surface area contributed by atoms with Crippen molar-refractivity contribution < 1.29 is 9.53 Å². The van der Waals surface area contributed by atoms with Crippen molar-refractivity contribution in [2.24, 2.45) is 11.8 Å². The summed E-state index contributed by atoms with van der Waals surface area (Å²) in [7, 11) is 1.74. The van der Waals surface area contributed by atoms with Gasteiger partial charge in [-0.25, -0.2) is 0 Å². The number of piperazine rings is 1. The molecule has 3 aliphatic rings. The molecule has 1 aliphatic carbocycles. The van der Waals surface area contributed by atoms with Crippen molar-refractivity contribution in [1.29, 1.82) is 0 Å². The molecule has 3 heterocycles. The Balaban J connectivity index is 1.50. The molecule has 5 nitrogen and oxygen atoms in total. The predicted molar refractivity (Wildman–Crippen MR) is 134 cm³/mol. The van der Waals surface area contributed by atoms with E-state index in [0.29, 0.717) is 23.9 Å². The van der Waals surface area contributed by atoms with Crippen LogP contribution in [0.4, 0.5) is 0 Å². The van der Waals surface area contributed by atoms with E-state index in [2.05, 4.69) is 40.5 Å². The Labute approximate surface area is 199 Å². The number of benzene rings is 1. The minimum absolute atomic E-state index is 0.216. The van der Waals surface area contributed by atoms with Crippen LogP contribution < -0.4 is 4.74 Å². The van der Waals surface area contributed by atoms with Crippen molar-refractivity contribution in [2.75, 3.05) is 26.7 Å². The van der Waals surface area contributed by atoms with Gasteiger partial charge in [0.2, 0.25) is 0 Å². The number of para-hydroxylation sites is 1. The second-order valence-electron chi connectivity index (χ2n) is 11.1. The van der Waals surface area contributed by atoms with Crippen LogP contribution in [0.3, 0.4) is 0 Å². The van der Waals surface area contributed by atoms with Crippen LogP contribution in [0.2, 0.25) is 0 Å². The number of hydrogen-bond donors (Lipinski definition) is 0. The van der Waals surface area contributed by atoms with Gasteiger partial charge in [0.15, 0.2) is 0 Å². The van der Waals surface area contributed by atoms with Gasteiger partial charge in [-0.1, -0.05) is 45.2 Å². The number of methoxy groups -OCH3 is 1. The van der Waals surface area contributed by atoms with E-state index in [1.165, 1.54) is 51.5 Å². The van der Waals surface area contributed by atoms with Crippen LogP contribution >= 0.6 is 0 Å². The summed E-state index contributed by atoms with van der Waals surface area (Å²) in [6.45, 7) is 8.63. The number of amides is 1. The van der Waals surface area contributed by atoms with Crippen LogP contribution in [-0.2, 0) is 6.54 Å². The number of hydrogen-bond acceptors (Lipinski definition) is 3. The van der Waals surface area contributed by atoms with Crippen molar-refractivity contribution in [3.8, 4) is 5.75 Å². The summed E-state index contributed by atoms with van der Waals surface area (Å²) in [4.78, 5) is 19.0. The molecule has 1 aromatic heterocycles. The van der Waals surface area contributed by atoms with Gasteiger partial charge in [0.05, 0.1) is 18.2 Å². The summed E-state index contributed by atoms with van der Waals surface area (Å²) in [5.74, 6) is 2.37. The third-order valence-corrected chi connectivity index (χ3v) is 8.29. The molecule has 33 heavy (non-hydrogen) atoms. The van der Waals surface area contributed by atoms with Gasteiger partial charge < -0.3 is 14.2 Å². The summed E-state index contributed by atoms with van der Waals surface area (Å²) >= 11 is 0. The van der Waals surface area contributed by atoms with Gasteiger partial charge >= 0.3 is 0 Å². The smallest absolute Gasteiger partial charge is 0.256 e. The molecule has 3 fully saturated rings. The summed E-state index contributed by atoms with van der Waals surface area (Å²) < 4.78 is 8.11. The highest BCUT2D eigenvalue weighted by Gasteiger charge is 2.39. The molecule has 2 saturated heterocycles. The second-order valence-corrected chi connectivity index (χ2v) is 11.1. The molecule has 0 radical (unpaired) electrons. The molecule has 0 spiro atoms. The van der Waals surface area contributed by atoms with E-state index in [1.807, 2.05) is 12.1 Å². The minimum atomic E-state index is 0.216. The molecule has 2 aromatic rings. The van der Waals surface area contributed by atoms with Gasteiger partial charge in [-0.3, -0.25) is 9.69 Å². The maximum absolute atomic E-state index is 14.2. The van der Waals surface area contributed by atoms with Crippen LogP contribution in [0.25, 0.3) is 10.9 Å². The lowest BCUT2D eigenvalue weighted by Crippen LogP contribution is -2.58. The Morgan fingerprint density at radius 3 is 2.67 bits per heavy atom. The van der Waals surface area contributed by atoms with Crippen LogP contribution in [0.5, 0.6) is 5.75 Å². The molecule has 180 valence electrons. The molecule has 1 amide bonds. The molecule has 2 aliphatic heterocycles. The molecule has 1 aromatic carbocycles. The number of nitrogens with zero attached hydrogens (tertiary/aromatic N) is 3. The summed E-state index contributed by atoms with van der Waals surface area (Å²) in [5.41, 5.74) is 1.95. The average molecular weight is 452 g/mol. The topological polar surface area (TPSA) is 37.7 Å². The summed E-state index contributed by atoms with van der Waals surface area (Å²) in [6, 6.07) is 7.01. The van der Waals surface area contributed by atoms with Gasteiger partial charge in [0.25, 0.3) is 5.91 Å².